The number of sulfone groups is 1. The minimum absolute atomic E-state index is 0.180. The first kappa shape index (κ1) is 29.8. The van der Waals surface area contributed by atoms with Gasteiger partial charge in [0.15, 0.2) is 9.84 Å². The summed E-state index contributed by atoms with van der Waals surface area (Å²) in [7, 11) is -3.67. The maximum atomic E-state index is 13.5. The van der Waals surface area contributed by atoms with E-state index in [0.29, 0.717) is 38.4 Å². The normalized spacial score (nSPS) is 18.0. The molecule has 0 bridgehead atoms. The summed E-state index contributed by atoms with van der Waals surface area (Å²) in [6, 6.07) is 17.3. The van der Waals surface area contributed by atoms with Crippen LogP contribution in [0.4, 0.5) is 4.79 Å². The number of rotatable bonds is 12. The Morgan fingerprint density at radius 3 is 2.15 bits per heavy atom. The highest BCUT2D eigenvalue weighted by Crippen LogP contribution is 2.27. The summed E-state index contributed by atoms with van der Waals surface area (Å²) in [6.45, 7) is 7.05. The number of carbonyl (C=O) groups is 2. The fourth-order valence-corrected chi connectivity index (χ4v) is 6.12. The fourth-order valence-electron chi connectivity index (χ4n) is 5.03. The van der Waals surface area contributed by atoms with Crippen molar-refractivity contribution in [3.8, 4) is 0 Å². The van der Waals surface area contributed by atoms with Crippen LogP contribution in [0.15, 0.2) is 77.0 Å². The SMILES string of the molecule is CC(C)C[C@H](NC(=O)N1CCN(C2CC2)CC1)C(=O)N[C@H](/C=C/S(=O)(=O)c1ccccc1)CCc1ccccc1. The smallest absolute Gasteiger partial charge is 0.318 e. The number of nitrogens with one attached hydrogen (secondary N) is 2. The van der Waals surface area contributed by atoms with Gasteiger partial charge in [0.05, 0.1) is 4.90 Å². The Morgan fingerprint density at radius 2 is 1.55 bits per heavy atom. The molecular weight excluding hydrogens is 524 g/mol. The predicted octanol–water partition coefficient (Wildman–Crippen LogP) is 4.00. The van der Waals surface area contributed by atoms with E-state index in [9.17, 15) is 18.0 Å². The molecule has 2 aromatic rings. The van der Waals surface area contributed by atoms with Gasteiger partial charge in [-0.1, -0.05) is 68.5 Å². The van der Waals surface area contributed by atoms with Crippen LogP contribution in [-0.4, -0.2) is 74.5 Å². The lowest BCUT2D eigenvalue weighted by atomic mass is 10.0. The van der Waals surface area contributed by atoms with Crippen molar-refractivity contribution >= 4 is 21.8 Å². The molecule has 3 amide bonds. The molecule has 0 aromatic heterocycles. The summed E-state index contributed by atoms with van der Waals surface area (Å²) in [5.74, 6) is -0.127. The summed E-state index contributed by atoms with van der Waals surface area (Å²) < 4.78 is 25.8. The average Bonchev–Trinajstić information content (AvgIpc) is 3.81. The van der Waals surface area contributed by atoms with Gasteiger partial charge >= 0.3 is 6.03 Å². The van der Waals surface area contributed by atoms with E-state index >= 15 is 0 Å². The number of carbonyl (C=O) groups excluding carboxylic acids is 2. The van der Waals surface area contributed by atoms with Crippen LogP contribution in [0.2, 0.25) is 0 Å². The number of aryl methyl sites for hydroxylation is 1. The van der Waals surface area contributed by atoms with Crippen molar-refractivity contribution in [3.63, 3.8) is 0 Å². The van der Waals surface area contributed by atoms with Gasteiger partial charge in [-0.2, -0.15) is 0 Å². The van der Waals surface area contributed by atoms with Gasteiger partial charge < -0.3 is 15.5 Å². The third-order valence-electron chi connectivity index (χ3n) is 7.46. The third kappa shape index (κ3) is 8.93. The molecule has 2 aliphatic rings. The molecule has 1 heterocycles. The largest absolute Gasteiger partial charge is 0.348 e. The Hall–Kier alpha value is -3.17. The zero-order chi connectivity index (χ0) is 28.5. The lowest BCUT2D eigenvalue weighted by Gasteiger charge is -2.35. The van der Waals surface area contributed by atoms with Gasteiger partial charge in [0.2, 0.25) is 5.91 Å². The Bertz CT molecular complexity index is 1240. The topological polar surface area (TPSA) is 98.8 Å². The van der Waals surface area contributed by atoms with Crippen LogP contribution < -0.4 is 10.6 Å². The average molecular weight is 567 g/mol. The zero-order valence-corrected chi connectivity index (χ0v) is 24.4. The summed E-state index contributed by atoms with van der Waals surface area (Å²) in [6.07, 6.45) is 5.70. The first-order valence-corrected chi connectivity index (χ1v) is 15.9. The maximum Gasteiger partial charge on any atom is 0.318 e. The molecule has 9 heteroatoms. The highest BCUT2D eigenvalue weighted by atomic mass is 32.2. The zero-order valence-electron chi connectivity index (χ0n) is 23.5. The van der Waals surface area contributed by atoms with Crippen molar-refractivity contribution in [3.05, 3.63) is 77.7 Å². The van der Waals surface area contributed by atoms with Gasteiger partial charge in [0.25, 0.3) is 0 Å². The Labute approximate surface area is 238 Å². The number of benzene rings is 2. The van der Waals surface area contributed by atoms with Crippen LogP contribution in [0, 0.1) is 5.92 Å². The highest BCUT2D eigenvalue weighted by Gasteiger charge is 2.33. The maximum absolute atomic E-state index is 13.5. The number of urea groups is 1. The fraction of sp³-hybridized carbons (Fsp3) is 0.484. The quantitative estimate of drug-likeness (QED) is 0.405. The van der Waals surface area contributed by atoms with E-state index in [1.807, 2.05) is 44.2 Å². The number of nitrogens with zero attached hydrogens (tertiary/aromatic N) is 2. The van der Waals surface area contributed by atoms with Gasteiger partial charge in [0.1, 0.15) is 6.04 Å². The lowest BCUT2D eigenvalue weighted by Crippen LogP contribution is -2.57. The van der Waals surface area contributed by atoms with E-state index in [4.69, 9.17) is 0 Å². The molecule has 1 aliphatic heterocycles. The Morgan fingerprint density at radius 1 is 0.925 bits per heavy atom. The van der Waals surface area contributed by atoms with E-state index in [1.54, 1.807) is 41.3 Å². The van der Waals surface area contributed by atoms with Gasteiger partial charge in [-0.15, -0.1) is 0 Å². The highest BCUT2D eigenvalue weighted by molar-refractivity contribution is 7.94. The molecule has 2 atom stereocenters. The lowest BCUT2D eigenvalue weighted by molar-refractivity contribution is -0.123. The van der Waals surface area contributed by atoms with Crippen molar-refractivity contribution < 1.29 is 18.0 Å². The molecule has 0 unspecified atom stereocenters. The molecule has 4 rings (SSSR count). The van der Waals surface area contributed by atoms with Crippen molar-refractivity contribution in [2.24, 2.45) is 5.92 Å². The van der Waals surface area contributed by atoms with E-state index < -0.39 is 21.9 Å². The standard InChI is InChI=1S/C31H42N4O4S/c1-24(2)23-29(33-31(37)35-20-18-34(19-21-35)27-15-16-27)30(36)32-26(14-13-25-9-5-3-6-10-25)17-22-40(38,39)28-11-7-4-8-12-28/h3-12,17,22,24,26-27,29H,13-16,18-21,23H2,1-2H3,(H,32,36)(H,33,37)/b22-17+/t26-,29-/m0/s1. The van der Waals surface area contributed by atoms with Crippen molar-refractivity contribution in [2.45, 2.75) is 69.0 Å². The van der Waals surface area contributed by atoms with Crippen LogP contribution in [0.3, 0.4) is 0 Å². The van der Waals surface area contributed by atoms with E-state index in [0.717, 1.165) is 18.7 Å². The molecule has 2 aromatic carbocycles. The minimum atomic E-state index is -3.67. The second-order valence-electron chi connectivity index (χ2n) is 11.2. The summed E-state index contributed by atoms with van der Waals surface area (Å²) in [5.41, 5.74) is 1.10. The van der Waals surface area contributed by atoms with Crippen molar-refractivity contribution in [1.82, 2.24) is 20.4 Å². The van der Waals surface area contributed by atoms with Crippen LogP contribution in [-0.2, 0) is 21.1 Å². The summed E-state index contributed by atoms with van der Waals surface area (Å²) in [5, 5.41) is 7.17. The van der Waals surface area contributed by atoms with E-state index in [-0.39, 0.29) is 22.8 Å². The molecule has 1 saturated carbocycles. The second kappa shape index (κ2) is 13.9. The molecule has 1 aliphatic carbocycles. The second-order valence-corrected chi connectivity index (χ2v) is 13.0. The van der Waals surface area contributed by atoms with Crippen LogP contribution in [0.25, 0.3) is 0 Å². The van der Waals surface area contributed by atoms with Gasteiger partial charge in [-0.25, -0.2) is 13.2 Å². The molecule has 2 N–H and O–H groups in total. The predicted molar refractivity (Wildman–Crippen MR) is 157 cm³/mol. The summed E-state index contributed by atoms with van der Waals surface area (Å²) >= 11 is 0. The van der Waals surface area contributed by atoms with Gasteiger partial charge in [-0.3, -0.25) is 9.69 Å². The number of hydrogen-bond acceptors (Lipinski definition) is 5. The van der Waals surface area contributed by atoms with Crippen molar-refractivity contribution in [2.75, 3.05) is 26.2 Å². The van der Waals surface area contributed by atoms with Crippen LogP contribution in [0.5, 0.6) is 0 Å². The van der Waals surface area contributed by atoms with Gasteiger partial charge in [0, 0.05) is 43.7 Å². The molecule has 0 spiro atoms. The Balaban J connectivity index is 1.43. The third-order valence-corrected chi connectivity index (χ3v) is 8.91. The molecule has 2 fully saturated rings. The monoisotopic (exact) mass is 566 g/mol. The van der Waals surface area contributed by atoms with Crippen molar-refractivity contribution in [1.29, 1.82) is 0 Å². The first-order chi connectivity index (χ1) is 19.2. The Kier molecular flexibility index (Phi) is 10.4. The minimum Gasteiger partial charge on any atom is -0.348 e. The number of amides is 3. The van der Waals surface area contributed by atoms with Gasteiger partial charge in [-0.05, 0) is 55.7 Å². The number of piperazine rings is 1. The molecule has 1 saturated heterocycles. The van der Waals surface area contributed by atoms with Crippen LogP contribution >= 0.6 is 0 Å². The van der Waals surface area contributed by atoms with Crippen LogP contribution in [0.1, 0.15) is 45.1 Å². The molecule has 40 heavy (non-hydrogen) atoms. The van der Waals surface area contributed by atoms with E-state index in [2.05, 4.69) is 15.5 Å². The molecule has 8 nitrogen and oxygen atoms in total. The summed E-state index contributed by atoms with van der Waals surface area (Å²) in [4.78, 5) is 31.1. The number of hydrogen-bond donors (Lipinski definition) is 2. The molecular formula is C31H42N4O4S. The molecule has 216 valence electrons. The molecule has 0 radical (unpaired) electrons. The first-order valence-electron chi connectivity index (χ1n) is 14.3. The van der Waals surface area contributed by atoms with E-state index in [1.165, 1.54) is 18.2 Å².